The molecule has 0 bridgehead atoms. The lowest BCUT2D eigenvalue weighted by Gasteiger charge is -2.17. The van der Waals surface area contributed by atoms with Crippen LogP contribution in [0.3, 0.4) is 0 Å². The molecule has 0 saturated heterocycles. The van der Waals surface area contributed by atoms with Crippen LogP contribution in [-0.4, -0.2) is 0 Å². The van der Waals surface area contributed by atoms with Crippen LogP contribution in [0.5, 0.6) is 0 Å². The highest BCUT2D eigenvalue weighted by molar-refractivity contribution is 9.10. The van der Waals surface area contributed by atoms with Crippen molar-refractivity contribution < 1.29 is 13.2 Å². The Morgan fingerprint density at radius 2 is 1.65 bits per heavy atom. The fourth-order valence-electron chi connectivity index (χ4n) is 1.92. The summed E-state index contributed by atoms with van der Waals surface area (Å²) in [6.07, 6.45) is 0.353. The second kappa shape index (κ2) is 6.39. The molecular weight excluding hydrogens is 333 g/mol. The maximum Gasteiger partial charge on any atom is 0.194 e. The Balaban J connectivity index is 2.29. The minimum atomic E-state index is -1.49. The van der Waals surface area contributed by atoms with Gasteiger partial charge in [0.25, 0.3) is 0 Å². The number of halogens is 4. The molecule has 3 N–H and O–H groups in total. The molecule has 0 radical (unpaired) electrons. The largest absolute Gasteiger partial charge is 0.271 e. The third-order valence-electron chi connectivity index (χ3n) is 2.99. The number of nitrogens with one attached hydrogen (secondary N) is 1. The fourth-order valence-corrected chi connectivity index (χ4v) is 2.19. The third kappa shape index (κ3) is 3.20. The van der Waals surface area contributed by atoms with E-state index in [-0.39, 0.29) is 5.56 Å². The van der Waals surface area contributed by atoms with Crippen LogP contribution in [0, 0.1) is 17.5 Å². The van der Waals surface area contributed by atoms with Crippen molar-refractivity contribution in [2.75, 3.05) is 0 Å². The standard InChI is InChI=1S/C14H12BrF3N2/c15-9-3-1-8(2-4-9)7-12(20-19)10-5-6-11(16)14(18)13(10)17/h1-6,12,20H,7,19H2. The number of hydrogen-bond acceptors (Lipinski definition) is 2. The molecule has 1 unspecified atom stereocenters. The van der Waals surface area contributed by atoms with Crippen molar-refractivity contribution in [3.63, 3.8) is 0 Å². The van der Waals surface area contributed by atoms with Crippen molar-refractivity contribution in [3.05, 3.63) is 69.4 Å². The summed E-state index contributed by atoms with van der Waals surface area (Å²) in [6.45, 7) is 0. The van der Waals surface area contributed by atoms with Gasteiger partial charge in [-0.2, -0.15) is 0 Å². The molecule has 2 nitrogen and oxygen atoms in total. The van der Waals surface area contributed by atoms with Crippen LogP contribution < -0.4 is 11.3 Å². The minimum Gasteiger partial charge on any atom is -0.271 e. The van der Waals surface area contributed by atoms with E-state index in [0.29, 0.717) is 6.42 Å². The van der Waals surface area contributed by atoms with Crippen LogP contribution in [0.15, 0.2) is 40.9 Å². The molecule has 0 saturated carbocycles. The molecule has 2 rings (SSSR count). The topological polar surface area (TPSA) is 38.0 Å². The summed E-state index contributed by atoms with van der Waals surface area (Å²) >= 11 is 3.31. The van der Waals surface area contributed by atoms with E-state index in [2.05, 4.69) is 21.4 Å². The first-order chi connectivity index (χ1) is 9.52. The van der Waals surface area contributed by atoms with Crippen molar-refractivity contribution >= 4 is 15.9 Å². The Kier molecular flexibility index (Phi) is 4.80. The monoisotopic (exact) mass is 344 g/mol. The molecular formula is C14H12BrF3N2. The maximum absolute atomic E-state index is 13.7. The molecule has 0 aliphatic carbocycles. The van der Waals surface area contributed by atoms with Crippen LogP contribution in [-0.2, 0) is 6.42 Å². The lowest BCUT2D eigenvalue weighted by Crippen LogP contribution is -2.30. The van der Waals surface area contributed by atoms with E-state index in [1.165, 1.54) is 6.07 Å². The molecule has 0 spiro atoms. The molecule has 20 heavy (non-hydrogen) atoms. The smallest absolute Gasteiger partial charge is 0.194 e. The Morgan fingerprint density at radius 3 is 2.25 bits per heavy atom. The van der Waals surface area contributed by atoms with Gasteiger partial charge < -0.3 is 0 Å². The van der Waals surface area contributed by atoms with E-state index in [9.17, 15) is 13.2 Å². The van der Waals surface area contributed by atoms with Gasteiger partial charge in [-0.05, 0) is 30.2 Å². The van der Waals surface area contributed by atoms with Gasteiger partial charge in [-0.25, -0.2) is 13.2 Å². The summed E-state index contributed by atoms with van der Waals surface area (Å²) in [5, 5.41) is 0. The van der Waals surface area contributed by atoms with Gasteiger partial charge in [0, 0.05) is 10.0 Å². The second-order valence-corrected chi connectivity index (χ2v) is 5.23. The van der Waals surface area contributed by atoms with Gasteiger partial charge in [0.2, 0.25) is 0 Å². The Labute approximate surface area is 122 Å². The molecule has 1 atom stereocenters. The second-order valence-electron chi connectivity index (χ2n) is 4.31. The molecule has 106 valence electrons. The summed E-state index contributed by atoms with van der Waals surface area (Å²) in [4.78, 5) is 0. The molecule has 0 heterocycles. The van der Waals surface area contributed by atoms with E-state index in [4.69, 9.17) is 5.84 Å². The van der Waals surface area contributed by atoms with Gasteiger partial charge >= 0.3 is 0 Å². The summed E-state index contributed by atoms with van der Waals surface area (Å²) in [7, 11) is 0. The van der Waals surface area contributed by atoms with Crippen LogP contribution in [0.25, 0.3) is 0 Å². The lowest BCUT2D eigenvalue weighted by atomic mass is 9.98. The molecule has 0 aliphatic rings. The van der Waals surface area contributed by atoms with Crippen molar-refractivity contribution in [3.8, 4) is 0 Å². The fraction of sp³-hybridized carbons (Fsp3) is 0.143. The third-order valence-corrected chi connectivity index (χ3v) is 3.52. The van der Waals surface area contributed by atoms with Gasteiger partial charge in [-0.15, -0.1) is 0 Å². The Morgan fingerprint density at radius 1 is 1.00 bits per heavy atom. The van der Waals surface area contributed by atoms with E-state index in [0.717, 1.165) is 16.1 Å². The first-order valence-corrected chi connectivity index (χ1v) is 6.66. The number of nitrogens with two attached hydrogens (primary N) is 1. The predicted molar refractivity (Wildman–Crippen MR) is 74.2 cm³/mol. The zero-order valence-corrected chi connectivity index (χ0v) is 11.9. The first-order valence-electron chi connectivity index (χ1n) is 5.87. The van der Waals surface area contributed by atoms with Gasteiger partial charge in [-0.1, -0.05) is 34.1 Å². The van der Waals surface area contributed by atoms with E-state index < -0.39 is 23.5 Å². The Hall–Kier alpha value is -1.37. The summed E-state index contributed by atoms with van der Waals surface area (Å²) in [5.41, 5.74) is 3.31. The highest BCUT2D eigenvalue weighted by atomic mass is 79.9. The number of hydrogen-bond donors (Lipinski definition) is 2. The van der Waals surface area contributed by atoms with Gasteiger partial charge in [-0.3, -0.25) is 11.3 Å². The lowest BCUT2D eigenvalue weighted by molar-refractivity contribution is 0.425. The normalized spacial score (nSPS) is 12.4. The first kappa shape index (κ1) is 15.0. The number of benzene rings is 2. The number of hydrazine groups is 1. The van der Waals surface area contributed by atoms with Gasteiger partial charge in [0.15, 0.2) is 17.5 Å². The number of rotatable bonds is 4. The van der Waals surface area contributed by atoms with Crippen molar-refractivity contribution in [2.24, 2.45) is 5.84 Å². The summed E-state index contributed by atoms with van der Waals surface area (Å²) in [6, 6.07) is 8.79. The maximum atomic E-state index is 13.7. The quantitative estimate of drug-likeness (QED) is 0.505. The van der Waals surface area contributed by atoms with Crippen LogP contribution in [0.1, 0.15) is 17.2 Å². The summed E-state index contributed by atoms with van der Waals surface area (Å²) in [5.74, 6) is 1.48. The summed E-state index contributed by atoms with van der Waals surface area (Å²) < 4.78 is 40.8. The highest BCUT2D eigenvalue weighted by Gasteiger charge is 2.20. The molecule has 2 aromatic carbocycles. The van der Waals surface area contributed by atoms with E-state index in [1.807, 2.05) is 24.3 Å². The molecule has 0 aliphatic heterocycles. The van der Waals surface area contributed by atoms with Gasteiger partial charge in [0.05, 0.1) is 6.04 Å². The zero-order chi connectivity index (χ0) is 14.7. The van der Waals surface area contributed by atoms with Crippen molar-refractivity contribution in [2.45, 2.75) is 12.5 Å². The molecule has 2 aromatic rings. The Bertz CT molecular complexity index is 602. The minimum absolute atomic E-state index is 0.00526. The molecule has 0 fully saturated rings. The van der Waals surface area contributed by atoms with Crippen molar-refractivity contribution in [1.29, 1.82) is 0 Å². The van der Waals surface area contributed by atoms with Gasteiger partial charge in [0.1, 0.15) is 0 Å². The van der Waals surface area contributed by atoms with E-state index in [1.54, 1.807) is 0 Å². The van der Waals surface area contributed by atoms with Crippen LogP contribution in [0.4, 0.5) is 13.2 Å². The SMILES string of the molecule is NNC(Cc1ccc(Br)cc1)c1ccc(F)c(F)c1F. The highest BCUT2D eigenvalue weighted by Crippen LogP contribution is 2.24. The predicted octanol–water partition coefficient (Wildman–Crippen LogP) is 3.61. The van der Waals surface area contributed by atoms with Crippen molar-refractivity contribution in [1.82, 2.24) is 5.43 Å². The zero-order valence-electron chi connectivity index (χ0n) is 10.3. The molecule has 0 amide bonds. The average molecular weight is 345 g/mol. The molecule has 6 heteroatoms. The van der Waals surface area contributed by atoms with E-state index >= 15 is 0 Å². The molecule has 0 aromatic heterocycles. The average Bonchev–Trinajstić information content (AvgIpc) is 2.45. The van der Waals surface area contributed by atoms with Crippen LogP contribution >= 0.6 is 15.9 Å². The van der Waals surface area contributed by atoms with Crippen LogP contribution in [0.2, 0.25) is 0 Å².